The van der Waals surface area contributed by atoms with Crippen LogP contribution in [0.3, 0.4) is 0 Å². The molecule has 1 aliphatic rings. The molecule has 1 saturated carbocycles. The van der Waals surface area contributed by atoms with Gasteiger partial charge in [-0.15, -0.1) is 0 Å². The summed E-state index contributed by atoms with van der Waals surface area (Å²) in [6.45, 7) is 0. The maximum absolute atomic E-state index is 13.2. The zero-order valence-corrected chi connectivity index (χ0v) is 8.79. The molecule has 0 radical (unpaired) electrons. The summed E-state index contributed by atoms with van der Waals surface area (Å²) in [4.78, 5) is 14.4. The number of halogens is 1. The lowest BCUT2D eigenvalue weighted by Gasteiger charge is -2.05. The van der Waals surface area contributed by atoms with E-state index in [1.54, 1.807) is 12.1 Å². The lowest BCUT2D eigenvalue weighted by molar-refractivity contribution is -0.117. The summed E-state index contributed by atoms with van der Waals surface area (Å²) in [5, 5.41) is 0.916. The Morgan fingerprint density at radius 3 is 3.00 bits per heavy atom. The van der Waals surface area contributed by atoms with Gasteiger partial charge >= 0.3 is 0 Å². The van der Waals surface area contributed by atoms with Gasteiger partial charge < -0.3 is 4.98 Å². The predicted molar refractivity (Wildman–Crippen MR) is 59.9 cm³/mol. The highest BCUT2D eigenvalue weighted by molar-refractivity contribution is 5.87. The molecule has 0 saturated heterocycles. The highest BCUT2D eigenvalue weighted by atomic mass is 19.1. The second-order valence-corrected chi connectivity index (χ2v) is 4.41. The largest absolute Gasteiger partial charge is 0.361 e. The van der Waals surface area contributed by atoms with Gasteiger partial charge in [-0.1, -0.05) is 0 Å². The number of aromatic nitrogens is 1. The Bertz CT molecular complexity index is 558. The van der Waals surface area contributed by atoms with Crippen LogP contribution in [-0.2, 0) is 4.79 Å². The van der Waals surface area contributed by atoms with E-state index in [9.17, 15) is 9.18 Å². The third kappa shape index (κ3) is 1.43. The van der Waals surface area contributed by atoms with Crippen LogP contribution in [0.1, 0.15) is 30.7 Å². The highest BCUT2D eigenvalue weighted by Crippen LogP contribution is 2.36. The van der Waals surface area contributed by atoms with Crippen molar-refractivity contribution < 1.29 is 9.18 Å². The van der Waals surface area contributed by atoms with Gasteiger partial charge in [-0.2, -0.15) is 0 Å². The van der Waals surface area contributed by atoms with Crippen LogP contribution in [0.25, 0.3) is 10.9 Å². The van der Waals surface area contributed by atoms with Gasteiger partial charge in [-0.05, 0) is 36.1 Å². The molecule has 0 spiro atoms. The number of ketones is 1. The lowest BCUT2D eigenvalue weighted by Crippen LogP contribution is -1.92. The van der Waals surface area contributed by atoms with Crippen LogP contribution < -0.4 is 0 Å². The molecule has 1 aliphatic carbocycles. The molecule has 2 aromatic rings. The minimum absolute atomic E-state index is 0.224. The van der Waals surface area contributed by atoms with Crippen LogP contribution in [0.2, 0.25) is 0 Å². The number of aromatic amines is 1. The summed E-state index contributed by atoms with van der Waals surface area (Å²) in [5.74, 6) is 0.358. The second kappa shape index (κ2) is 3.44. The number of hydrogen-bond donors (Lipinski definition) is 1. The summed E-state index contributed by atoms with van der Waals surface area (Å²) in [6, 6.07) is 4.73. The molecule has 0 unspecified atom stereocenters. The summed E-state index contributed by atoms with van der Waals surface area (Å²) in [7, 11) is 0. The second-order valence-electron chi connectivity index (χ2n) is 4.41. The van der Waals surface area contributed by atoms with E-state index in [4.69, 9.17) is 0 Å². The fourth-order valence-corrected chi connectivity index (χ4v) is 2.53. The molecule has 1 heterocycles. The number of H-pyrrole nitrogens is 1. The van der Waals surface area contributed by atoms with Gasteiger partial charge in [0.15, 0.2) is 0 Å². The SMILES string of the molecule is O=C1CC[C@H](c2c[nH]c3ccc(F)cc23)C1. The summed E-state index contributed by atoms with van der Waals surface area (Å²) < 4.78 is 13.2. The standard InChI is InChI=1S/C13H12FNO/c14-9-2-4-13-11(6-9)12(7-15-13)8-1-3-10(16)5-8/h2,4,6-8,15H,1,3,5H2/t8-/m0/s1. The molecule has 2 nitrogen and oxygen atoms in total. The quantitative estimate of drug-likeness (QED) is 0.782. The summed E-state index contributed by atoms with van der Waals surface area (Å²) in [5.41, 5.74) is 2.02. The molecule has 1 aromatic heterocycles. The van der Waals surface area contributed by atoms with Crippen molar-refractivity contribution in [2.24, 2.45) is 0 Å². The Morgan fingerprint density at radius 1 is 1.38 bits per heavy atom. The molecule has 3 rings (SSSR count). The summed E-state index contributed by atoms with van der Waals surface area (Å²) in [6.07, 6.45) is 4.06. The molecule has 3 heteroatoms. The van der Waals surface area contributed by atoms with Crippen molar-refractivity contribution in [2.45, 2.75) is 25.2 Å². The predicted octanol–water partition coefficient (Wildman–Crippen LogP) is 3.14. The number of carbonyl (C=O) groups excluding carboxylic acids is 1. The first kappa shape index (κ1) is 9.58. The molecule has 0 aliphatic heterocycles. The minimum atomic E-state index is -0.224. The van der Waals surface area contributed by atoms with E-state index in [0.717, 1.165) is 22.9 Å². The zero-order valence-electron chi connectivity index (χ0n) is 8.79. The minimum Gasteiger partial charge on any atom is -0.361 e. The van der Waals surface area contributed by atoms with Crippen molar-refractivity contribution in [1.29, 1.82) is 0 Å². The van der Waals surface area contributed by atoms with E-state index < -0.39 is 0 Å². The fraction of sp³-hybridized carbons (Fsp3) is 0.308. The van der Waals surface area contributed by atoms with Crippen LogP contribution in [0.5, 0.6) is 0 Å². The van der Waals surface area contributed by atoms with Crippen LogP contribution in [-0.4, -0.2) is 10.8 Å². The van der Waals surface area contributed by atoms with Gasteiger partial charge in [0.2, 0.25) is 0 Å². The first-order chi connectivity index (χ1) is 7.74. The van der Waals surface area contributed by atoms with Crippen molar-refractivity contribution in [1.82, 2.24) is 4.98 Å². The molecule has 1 aromatic carbocycles. The Hall–Kier alpha value is -1.64. The van der Waals surface area contributed by atoms with Crippen LogP contribution in [0.4, 0.5) is 4.39 Å². The number of carbonyl (C=O) groups is 1. The maximum atomic E-state index is 13.2. The van der Waals surface area contributed by atoms with Crippen molar-refractivity contribution in [3.05, 3.63) is 35.8 Å². The third-order valence-corrected chi connectivity index (χ3v) is 3.36. The summed E-state index contributed by atoms with van der Waals surface area (Å²) >= 11 is 0. The average Bonchev–Trinajstić information content (AvgIpc) is 2.83. The first-order valence-electron chi connectivity index (χ1n) is 5.52. The first-order valence-corrected chi connectivity index (χ1v) is 5.52. The van der Waals surface area contributed by atoms with Gasteiger partial charge in [0.25, 0.3) is 0 Å². The molecule has 1 atom stereocenters. The van der Waals surface area contributed by atoms with E-state index in [2.05, 4.69) is 4.98 Å². The average molecular weight is 217 g/mol. The van der Waals surface area contributed by atoms with Crippen molar-refractivity contribution in [3.63, 3.8) is 0 Å². The number of benzene rings is 1. The Morgan fingerprint density at radius 2 is 2.25 bits per heavy atom. The van der Waals surface area contributed by atoms with Crippen LogP contribution in [0, 0.1) is 5.82 Å². The highest BCUT2D eigenvalue weighted by Gasteiger charge is 2.25. The Labute approximate surface area is 92.5 Å². The van der Waals surface area contributed by atoms with Gasteiger partial charge in [0.05, 0.1) is 0 Å². The Kier molecular flexibility index (Phi) is 2.06. The van der Waals surface area contributed by atoms with Gasteiger partial charge in [-0.3, -0.25) is 4.79 Å². The molecular weight excluding hydrogens is 205 g/mol. The molecule has 0 bridgehead atoms. The number of rotatable bonds is 1. The number of nitrogens with one attached hydrogen (secondary N) is 1. The number of fused-ring (bicyclic) bond motifs is 1. The molecule has 1 N–H and O–H groups in total. The smallest absolute Gasteiger partial charge is 0.133 e. The van der Waals surface area contributed by atoms with E-state index in [-0.39, 0.29) is 11.7 Å². The van der Waals surface area contributed by atoms with E-state index in [0.29, 0.717) is 18.6 Å². The van der Waals surface area contributed by atoms with Crippen molar-refractivity contribution >= 4 is 16.7 Å². The molecule has 0 amide bonds. The monoisotopic (exact) mass is 217 g/mol. The molecule has 82 valence electrons. The topological polar surface area (TPSA) is 32.9 Å². The van der Waals surface area contributed by atoms with Crippen LogP contribution in [0.15, 0.2) is 24.4 Å². The van der Waals surface area contributed by atoms with Crippen molar-refractivity contribution in [2.75, 3.05) is 0 Å². The van der Waals surface area contributed by atoms with Crippen LogP contribution >= 0.6 is 0 Å². The normalized spacial score (nSPS) is 20.8. The number of Topliss-reactive ketones (excluding diaryl/α,β-unsaturated/α-hetero) is 1. The van der Waals surface area contributed by atoms with Gasteiger partial charge in [-0.25, -0.2) is 4.39 Å². The fourth-order valence-electron chi connectivity index (χ4n) is 2.53. The van der Waals surface area contributed by atoms with Gasteiger partial charge in [0.1, 0.15) is 11.6 Å². The van der Waals surface area contributed by atoms with Gasteiger partial charge in [0, 0.05) is 29.9 Å². The van der Waals surface area contributed by atoms with E-state index >= 15 is 0 Å². The lowest BCUT2D eigenvalue weighted by atomic mass is 9.97. The van der Waals surface area contributed by atoms with E-state index in [1.165, 1.54) is 6.07 Å². The molecule has 1 fully saturated rings. The van der Waals surface area contributed by atoms with Crippen molar-refractivity contribution in [3.8, 4) is 0 Å². The molecular formula is C13H12FNO. The third-order valence-electron chi connectivity index (χ3n) is 3.36. The number of hydrogen-bond acceptors (Lipinski definition) is 1. The van der Waals surface area contributed by atoms with E-state index in [1.807, 2.05) is 6.20 Å². The zero-order chi connectivity index (χ0) is 11.1. The maximum Gasteiger partial charge on any atom is 0.133 e. The Balaban J connectivity index is 2.09. The molecule has 16 heavy (non-hydrogen) atoms.